The zero-order valence-electron chi connectivity index (χ0n) is 11.7. The van der Waals surface area contributed by atoms with E-state index >= 15 is 0 Å². The molecule has 4 N–H and O–H groups in total. The molecule has 2 amide bonds. The summed E-state index contributed by atoms with van der Waals surface area (Å²) in [6.07, 6.45) is 0.639. The maximum Gasteiger partial charge on any atom is 0.354 e. The summed E-state index contributed by atoms with van der Waals surface area (Å²) in [4.78, 5) is 25.8. The van der Waals surface area contributed by atoms with Crippen molar-refractivity contribution in [2.75, 3.05) is 11.9 Å². The summed E-state index contributed by atoms with van der Waals surface area (Å²) < 4.78 is 5.44. The van der Waals surface area contributed by atoms with Gasteiger partial charge in [-0.2, -0.15) is 0 Å². The molecular formula is C13H19N3O4. The lowest BCUT2D eigenvalue weighted by atomic mass is 9.95. The fourth-order valence-electron chi connectivity index (χ4n) is 2.27. The highest BCUT2D eigenvalue weighted by molar-refractivity contribution is 5.99. The highest BCUT2D eigenvalue weighted by Gasteiger charge is 2.38. The first-order valence-corrected chi connectivity index (χ1v) is 6.45. The molecule has 2 atom stereocenters. The fraction of sp³-hybridized carbons (Fsp3) is 0.538. The van der Waals surface area contributed by atoms with Crippen molar-refractivity contribution in [3.05, 3.63) is 17.5 Å². The average molecular weight is 281 g/mol. The zero-order valence-corrected chi connectivity index (χ0v) is 11.7. The molecule has 1 aliphatic heterocycles. The van der Waals surface area contributed by atoms with Gasteiger partial charge >= 0.3 is 12.0 Å². The Hall–Kier alpha value is -2.02. The summed E-state index contributed by atoms with van der Waals surface area (Å²) >= 11 is 0. The number of carbonyl (C=O) groups excluding carboxylic acids is 1. The molecule has 2 rings (SSSR count). The molecule has 0 bridgehead atoms. The van der Waals surface area contributed by atoms with Crippen LogP contribution in [0.1, 0.15) is 36.5 Å². The summed E-state index contributed by atoms with van der Waals surface area (Å²) in [6, 6.07) is 1.14. The number of amides is 2. The lowest BCUT2D eigenvalue weighted by Crippen LogP contribution is -2.52. The maximum absolute atomic E-state index is 12.0. The fourth-order valence-corrected chi connectivity index (χ4v) is 2.27. The van der Waals surface area contributed by atoms with Crippen molar-refractivity contribution < 1.29 is 19.4 Å². The van der Waals surface area contributed by atoms with Crippen molar-refractivity contribution in [3.63, 3.8) is 0 Å². The van der Waals surface area contributed by atoms with Crippen LogP contribution in [0.2, 0.25) is 0 Å². The van der Waals surface area contributed by atoms with E-state index in [4.69, 9.17) is 9.84 Å². The number of hydrogen-bond acceptors (Lipinski definition) is 3. The third-order valence-corrected chi connectivity index (χ3v) is 3.70. The number of aromatic nitrogens is 1. The van der Waals surface area contributed by atoms with Crippen LogP contribution >= 0.6 is 0 Å². The van der Waals surface area contributed by atoms with Gasteiger partial charge in [-0.05, 0) is 33.3 Å². The van der Waals surface area contributed by atoms with Crippen LogP contribution in [0.5, 0.6) is 0 Å². The minimum atomic E-state index is -1.11. The molecule has 7 heteroatoms. The molecule has 2 unspecified atom stereocenters. The lowest BCUT2D eigenvalue weighted by Gasteiger charge is -2.28. The van der Waals surface area contributed by atoms with Crippen LogP contribution in [0.3, 0.4) is 0 Å². The Morgan fingerprint density at radius 1 is 1.55 bits per heavy atom. The topological polar surface area (TPSA) is 103 Å². The normalized spacial score (nSPS) is 25.4. The number of carboxylic acids is 1. The second-order valence-electron chi connectivity index (χ2n) is 5.31. The smallest absolute Gasteiger partial charge is 0.354 e. The molecule has 1 aromatic heterocycles. The molecule has 1 aliphatic rings. The van der Waals surface area contributed by atoms with Crippen LogP contribution in [-0.2, 0) is 4.74 Å². The van der Waals surface area contributed by atoms with Gasteiger partial charge in [0, 0.05) is 12.3 Å². The van der Waals surface area contributed by atoms with Crippen molar-refractivity contribution in [2.45, 2.75) is 38.8 Å². The number of aromatic carboxylic acids is 1. The number of aryl methyl sites for hydroxylation is 1. The number of H-pyrrole nitrogens is 1. The number of ether oxygens (including phenoxy) is 1. The first kappa shape index (κ1) is 14.4. The van der Waals surface area contributed by atoms with Gasteiger partial charge in [0.2, 0.25) is 0 Å². The lowest BCUT2D eigenvalue weighted by molar-refractivity contribution is 0.0692. The summed E-state index contributed by atoms with van der Waals surface area (Å²) in [6.45, 7) is 6.13. The third kappa shape index (κ3) is 2.77. The van der Waals surface area contributed by atoms with Gasteiger partial charge in [0.15, 0.2) is 0 Å². The van der Waals surface area contributed by atoms with Gasteiger partial charge in [-0.1, -0.05) is 0 Å². The summed E-state index contributed by atoms with van der Waals surface area (Å²) in [5, 5.41) is 14.5. The Labute approximate surface area is 116 Å². The molecule has 0 saturated carbocycles. The van der Waals surface area contributed by atoms with Crippen LogP contribution in [0.15, 0.2) is 6.07 Å². The van der Waals surface area contributed by atoms with Crippen molar-refractivity contribution in [1.82, 2.24) is 10.3 Å². The molecule has 7 nitrogen and oxygen atoms in total. The largest absolute Gasteiger partial charge is 0.477 e. The highest BCUT2D eigenvalue weighted by Crippen LogP contribution is 2.25. The Kier molecular flexibility index (Phi) is 3.71. The van der Waals surface area contributed by atoms with E-state index in [0.717, 1.165) is 6.42 Å². The molecular weight excluding hydrogens is 262 g/mol. The number of rotatable bonds is 3. The Balaban J connectivity index is 2.07. The second-order valence-corrected chi connectivity index (χ2v) is 5.31. The zero-order chi connectivity index (χ0) is 14.9. The number of carboxylic acid groups (broad SMARTS) is 1. The highest BCUT2D eigenvalue weighted by atomic mass is 16.5. The first-order chi connectivity index (χ1) is 9.32. The standard InChI is InChI=1S/C13H19N3O4/c1-7-6-9(10(14-7)11(17)18)15-12(19)16-13(3)4-5-20-8(13)2/h6,8,14H,4-5H2,1-3H3,(H,17,18)(H2,15,16,19). The van der Waals surface area contributed by atoms with E-state index in [-0.39, 0.29) is 17.5 Å². The van der Waals surface area contributed by atoms with E-state index in [9.17, 15) is 9.59 Å². The van der Waals surface area contributed by atoms with Crippen LogP contribution in [-0.4, -0.2) is 40.3 Å². The van der Waals surface area contributed by atoms with Gasteiger partial charge in [0.1, 0.15) is 5.69 Å². The SMILES string of the molecule is Cc1cc(NC(=O)NC2(C)CCOC2C)c(C(=O)O)[nH]1. The van der Waals surface area contributed by atoms with Gasteiger partial charge in [-0.25, -0.2) is 9.59 Å². The summed E-state index contributed by atoms with van der Waals surface area (Å²) in [7, 11) is 0. The number of carbonyl (C=O) groups is 2. The predicted octanol–water partition coefficient (Wildman–Crippen LogP) is 1.71. The van der Waals surface area contributed by atoms with Crippen LogP contribution < -0.4 is 10.6 Å². The quantitative estimate of drug-likeness (QED) is 0.677. The number of aromatic amines is 1. The summed E-state index contributed by atoms with van der Waals surface area (Å²) in [5.41, 5.74) is 0.446. The molecule has 0 aliphatic carbocycles. The molecule has 0 spiro atoms. The molecule has 0 aromatic carbocycles. The van der Waals surface area contributed by atoms with Gasteiger partial charge in [0.25, 0.3) is 0 Å². The van der Waals surface area contributed by atoms with Crippen molar-refractivity contribution >= 4 is 17.7 Å². The first-order valence-electron chi connectivity index (χ1n) is 6.45. The Bertz CT molecular complexity index is 540. The molecule has 1 saturated heterocycles. The van der Waals surface area contributed by atoms with Gasteiger partial charge in [0.05, 0.1) is 17.3 Å². The van der Waals surface area contributed by atoms with E-state index in [1.165, 1.54) is 0 Å². The van der Waals surface area contributed by atoms with Crippen molar-refractivity contribution in [2.24, 2.45) is 0 Å². The monoisotopic (exact) mass is 281 g/mol. The summed E-state index contributed by atoms with van der Waals surface area (Å²) in [5.74, 6) is -1.11. The van der Waals surface area contributed by atoms with Gasteiger partial charge in [-0.15, -0.1) is 0 Å². The Morgan fingerprint density at radius 2 is 2.25 bits per heavy atom. The van der Waals surface area contributed by atoms with Crippen LogP contribution in [0.4, 0.5) is 10.5 Å². The number of hydrogen-bond donors (Lipinski definition) is 4. The number of urea groups is 1. The van der Waals surface area contributed by atoms with Crippen molar-refractivity contribution in [3.8, 4) is 0 Å². The van der Waals surface area contributed by atoms with E-state index < -0.39 is 17.5 Å². The average Bonchev–Trinajstić information content (AvgIpc) is 2.83. The molecule has 110 valence electrons. The number of anilines is 1. The molecule has 1 fully saturated rings. The molecule has 2 heterocycles. The van der Waals surface area contributed by atoms with E-state index in [2.05, 4.69) is 15.6 Å². The van der Waals surface area contributed by atoms with E-state index in [1.54, 1.807) is 13.0 Å². The van der Waals surface area contributed by atoms with Gasteiger partial charge < -0.3 is 25.5 Å². The van der Waals surface area contributed by atoms with Crippen LogP contribution in [0.25, 0.3) is 0 Å². The third-order valence-electron chi connectivity index (χ3n) is 3.70. The minimum Gasteiger partial charge on any atom is -0.477 e. The molecule has 1 aromatic rings. The second kappa shape index (κ2) is 5.16. The predicted molar refractivity (Wildman–Crippen MR) is 73.1 cm³/mol. The van der Waals surface area contributed by atoms with E-state index in [1.807, 2.05) is 13.8 Å². The Morgan fingerprint density at radius 3 is 2.80 bits per heavy atom. The molecule has 20 heavy (non-hydrogen) atoms. The van der Waals surface area contributed by atoms with Crippen LogP contribution in [0, 0.1) is 6.92 Å². The van der Waals surface area contributed by atoms with Crippen molar-refractivity contribution in [1.29, 1.82) is 0 Å². The number of nitrogens with one attached hydrogen (secondary N) is 3. The molecule has 0 radical (unpaired) electrons. The maximum atomic E-state index is 12.0. The van der Waals surface area contributed by atoms with E-state index in [0.29, 0.717) is 12.3 Å². The minimum absolute atomic E-state index is 0.0291. The van der Waals surface area contributed by atoms with Gasteiger partial charge in [-0.3, -0.25) is 0 Å².